The molecule has 0 aliphatic carbocycles. The molecule has 4 heteroatoms. The SMILES string of the molecule is CC1Cc2ccccc2N1CC(=O)Nc1ccc(N2CCCCC2)cc1. The Hall–Kier alpha value is -2.49. The molecule has 0 radical (unpaired) electrons. The van der Waals surface area contributed by atoms with Gasteiger partial charge in [0, 0.05) is 36.2 Å². The van der Waals surface area contributed by atoms with Crippen LogP contribution in [0.15, 0.2) is 48.5 Å². The quantitative estimate of drug-likeness (QED) is 0.904. The summed E-state index contributed by atoms with van der Waals surface area (Å²) in [4.78, 5) is 17.2. The van der Waals surface area contributed by atoms with Crippen molar-refractivity contribution in [2.75, 3.05) is 34.8 Å². The van der Waals surface area contributed by atoms with E-state index in [1.54, 1.807) is 0 Å². The first kappa shape index (κ1) is 17.0. The molecule has 1 saturated heterocycles. The topological polar surface area (TPSA) is 35.6 Å². The molecule has 2 heterocycles. The Morgan fingerprint density at radius 1 is 1.04 bits per heavy atom. The van der Waals surface area contributed by atoms with Crippen molar-refractivity contribution in [1.82, 2.24) is 0 Å². The van der Waals surface area contributed by atoms with Crippen LogP contribution in [0.4, 0.5) is 17.1 Å². The minimum Gasteiger partial charge on any atom is -0.372 e. The molecule has 4 nitrogen and oxygen atoms in total. The lowest BCUT2D eigenvalue weighted by atomic mass is 10.1. The predicted octanol–water partition coefficient (Wildman–Crippen LogP) is 4.07. The highest BCUT2D eigenvalue weighted by Crippen LogP contribution is 2.31. The molecule has 0 bridgehead atoms. The Morgan fingerprint density at radius 3 is 2.54 bits per heavy atom. The van der Waals surface area contributed by atoms with Crippen molar-refractivity contribution in [3.63, 3.8) is 0 Å². The predicted molar refractivity (Wildman–Crippen MR) is 108 cm³/mol. The average molecular weight is 349 g/mol. The van der Waals surface area contributed by atoms with Gasteiger partial charge in [-0.2, -0.15) is 0 Å². The lowest BCUT2D eigenvalue weighted by molar-refractivity contribution is -0.115. The van der Waals surface area contributed by atoms with Crippen LogP contribution in [-0.4, -0.2) is 31.6 Å². The van der Waals surface area contributed by atoms with Gasteiger partial charge < -0.3 is 15.1 Å². The summed E-state index contributed by atoms with van der Waals surface area (Å²) in [5, 5.41) is 3.05. The maximum Gasteiger partial charge on any atom is 0.243 e. The van der Waals surface area contributed by atoms with Crippen LogP contribution < -0.4 is 15.1 Å². The van der Waals surface area contributed by atoms with E-state index in [2.05, 4.69) is 52.4 Å². The molecule has 4 rings (SSSR count). The summed E-state index contributed by atoms with van der Waals surface area (Å²) in [7, 11) is 0. The van der Waals surface area contributed by atoms with Crippen LogP contribution in [0.3, 0.4) is 0 Å². The number of piperidine rings is 1. The van der Waals surface area contributed by atoms with E-state index in [0.717, 1.165) is 25.2 Å². The third-order valence-electron chi connectivity index (χ3n) is 5.53. The van der Waals surface area contributed by atoms with Crippen LogP contribution in [0.2, 0.25) is 0 Å². The number of hydrogen-bond donors (Lipinski definition) is 1. The molecule has 1 N–H and O–H groups in total. The summed E-state index contributed by atoms with van der Waals surface area (Å²) in [6.07, 6.45) is 4.89. The molecule has 1 fully saturated rings. The molecule has 1 atom stereocenters. The van der Waals surface area contributed by atoms with E-state index in [1.807, 2.05) is 18.2 Å². The van der Waals surface area contributed by atoms with Crippen molar-refractivity contribution >= 4 is 23.0 Å². The number of rotatable bonds is 4. The zero-order chi connectivity index (χ0) is 17.9. The summed E-state index contributed by atoms with van der Waals surface area (Å²) < 4.78 is 0. The molecular weight excluding hydrogens is 322 g/mol. The van der Waals surface area contributed by atoms with Crippen LogP contribution in [0.25, 0.3) is 0 Å². The van der Waals surface area contributed by atoms with E-state index >= 15 is 0 Å². The minimum atomic E-state index is 0.0410. The smallest absolute Gasteiger partial charge is 0.243 e. The molecule has 1 amide bonds. The standard InChI is InChI=1S/C22H27N3O/c1-17-15-18-7-3-4-8-21(18)25(17)16-22(26)23-19-9-11-20(12-10-19)24-13-5-2-6-14-24/h3-4,7-12,17H,2,5-6,13-16H2,1H3,(H,23,26). The molecule has 2 aromatic carbocycles. The summed E-state index contributed by atoms with van der Waals surface area (Å²) in [6, 6.07) is 17.0. The lowest BCUT2D eigenvalue weighted by Gasteiger charge is -2.29. The molecule has 2 aromatic rings. The zero-order valence-corrected chi connectivity index (χ0v) is 15.4. The Bertz CT molecular complexity index is 765. The van der Waals surface area contributed by atoms with Gasteiger partial charge in [0.25, 0.3) is 0 Å². The van der Waals surface area contributed by atoms with Gasteiger partial charge in [0.05, 0.1) is 6.54 Å². The molecule has 26 heavy (non-hydrogen) atoms. The van der Waals surface area contributed by atoms with E-state index < -0.39 is 0 Å². The number of nitrogens with one attached hydrogen (secondary N) is 1. The molecular formula is C22H27N3O. The number of para-hydroxylation sites is 1. The number of carbonyl (C=O) groups is 1. The first-order valence-electron chi connectivity index (χ1n) is 9.70. The van der Waals surface area contributed by atoms with Crippen LogP contribution in [0, 0.1) is 0 Å². The van der Waals surface area contributed by atoms with Gasteiger partial charge in [-0.3, -0.25) is 4.79 Å². The third kappa shape index (κ3) is 3.55. The van der Waals surface area contributed by atoms with Gasteiger partial charge in [-0.25, -0.2) is 0 Å². The molecule has 2 aliphatic heterocycles. The van der Waals surface area contributed by atoms with Crippen molar-refractivity contribution in [3.8, 4) is 0 Å². The molecule has 0 spiro atoms. The van der Waals surface area contributed by atoms with Crippen molar-refractivity contribution < 1.29 is 4.79 Å². The largest absolute Gasteiger partial charge is 0.372 e. The maximum absolute atomic E-state index is 12.5. The van der Waals surface area contributed by atoms with E-state index in [1.165, 1.54) is 36.2 Å². The van der Waals surface area contributed by atoms with Gasteiger partial charge in [-0.05, 0) is 68.5 Å². The van der Waals surface area contributed by atoms with Gasteiger partial charge in [0.15, 0.2) is 0 Å². The van der Waals surface area contributed by atoms with Crippen LogP contribution >= 0.6 is 0 Å². The maximum atomic E-state index is 12.5. The molecule has 136 valence electrons. The van der Waals surface area contributed by atoms with Gasteiger partial charge >= 0.3 is 0 Å². The second kappa shape index (κ2) is 7.40. The summed E-state index contributed by atoms with van der Waals surface area (Å²) in [6.45, 7) is 4.85. The number of anilines is 3. The number of nitrogens with zero attached hydrogens (tertiary/aromatic N) is 2. The average Bonchev–Trinajstić information content (AvgIpc) is 2.98. The van der Waals surface area contributed by atoms with Crippen molar-refractivity contribution in [3.05, 3.63) is 54.1 Å². The fraction of sp³-hybridized carbons (Fsp3) is 0.409. The van der Waals surface area contributed by atoms with Gasteiger partial charge in [0.1, 0.15) is 0 Å². The monoisotopic (exact) mass is 349 g/mol. The number of carbonyl (C=O) groups excluding carboxylic acids is 1. The zero-order valence-electron chi connectivity index (χ0n) is 15.4. The first-order chi connectivity index (χ1) is 12.7. The van der Waals surface area contributed by atoms with Crippen molar-refractivity contribution in [2.24, 2.45) is 0 Å². The second-order valence-electron chi connectivity index (χ2n) is 7.45. The third-order valence-corrected chi connectivity index (χ3v) is 5.53. The summed E-state index contributed by atoms with van der Waals surface area (Å²) >= 11 is 0. The van der Waals surface area contributed by atoms with Crippen molar-refractivity contribution in [2.45, 2.75) is 38.6 Å². The van der Waals surface area contributed by atoms with E-state index in [0.29, 0.717) is 12.6 Å². The molecule has 1 unspecified atom stereocenters. The number of benzene rings is 2. The Balaban J connectivity index is 1.37. The van der Waals surface area contributed by atoms with Gasteiger partial charge in [-0.1, -0.05) is 18.2 Å². The normalized spacial score (nSPS) is 19.3. The summed E-state index contributed by atoms with van der Waals surface area (Å²) in [5.41, 5.74) is 4.65. The van der Waals surface area contributed by atoms with Crippen molar-refractivity contribution in [1.29, 1.82) is 0 Å². The Labute approximate surface area is 155 Å². The fourth-order valence-corrected chi connectivity index (χ4v) is 4.13. The highest BCUT2D eigenvalue weighted by Gasteiger charge is 2.27. The molecule has 0 aromatic heterocycles. The fourth-order valence-electron chi connectivity index (χ4n) is 4.13. The highest BCUT2D eigenvalue weighted by molar-refractivity contribution is 5.94. The number of amides is 1. The molecule has 2 aliphatic rings. The van der Waals surface area contributed by atoms with E-state index in [-0.39, 0.29) is 5.91 Å². The van der Waals surface area contributed by atoms with Crippen LogP contribution in [-0.2, 0) is 11.2 Å². The van der Waals surface area contributed by atoms with E-state index in [9.17, 15) is 4.79 Å². The van der Waals surface area contributed by atoms with Crippen LogP contribution in [0.1, 0.15) is 31.7 Å². The Morgan fingerprint density at radius 2 is 1.77 bits per heavy atom. The number of fused-ring (bicyclic) bond motifs is 1. The minimum absolute atomic E-state index is 0.0410. The van der Waals surface area contributed by atoms with Gasteiger partial charge in [-0.15, -0.1) is 0 Å². The molecule has 0 saturated carbocycles. The first-order valence-corrected chi connectivity index (χ1v) is 9.70. The Kier molecular flexibility index (Phi) is 4.83. The lowest BCUT2D eigenvalue weighted by Crippen LogP contribution is -2.37. The number of hydrogen-bond acceptors (Lipinski definition) is 3. The van der Waals surface area contributed by atoms with Crippen LogP contribution in [0.5, 0.6) is 0 Å². The highest BCUT2D eigenvalue weighted by atomic mass is 16.2. The van der Waals surface area contributed by atoms with E-state index in [4.69, 9.17) is 0 Å². The second-order valence-corrected chi connectivity index (χ2v) is 7.45. The summed E-state index contributed by atoms with van der Waals surface area (Å²) in [5.74, 6) is 0.0410. The van der Waals surface area contributed by atoms with Gasteiger partial charge in [0.2, 0.25) is 5.91 Å².